The Balaban J connectivity index is 0.00000225. The van der Waals surface area contributed by atoms with Crippen LogP contribution < -0.4 is 21.5 Å². The van der Waals surface area contributed by atoms with Crippen LogP contribution in [-0.4, -0.2) is 40.3 Å². The lowest BCUT2D eigenvalue weighted by atomic mass is 10.2. The Morgan fingerprint density at radius 3 is 2.43 bits per heavy atom. The number of hydrogen-bond acceptors (Lipinski definition) is 5. The van der Waals surface area contributed by atoms with Gasteiger partial charge in [-0.1, -0.05) is 30.3 Å². The van der Waals surface area contributed by atoms with Gasteiger partial charge in [-0.15, -0.1) is 12.4 Å². The Morgan fingerprint density at radius 1 is 1.11 bits per heavy atom. The average Bonchev–Trinajstić information content (AvgIpc) is 3.02. The molecule has 1 aliphatic rings. The molecule has 1 aromatic carbocycles. The standard InChI is InChI=1S/C19H20N6O2.ClH/c1-23-15-14(11-20)18(24-9-7-21-8-10-24)25(12-13-5-3-2-4-6-13)16(15)17(26)22-19(23)27;/h2-6,21H,7-10,12H2,1H3,(H,22,26,27);1H. The normalized spacial score (nSPS) is 13.9. The van der Waals surface area contributed by atoms with Gasteiger partial charge < -0.3 is 14.8 Å². The smallest absolute Gasteiger partial charge is 0.328 e. The number of aryl methyl sites for hydroxylation is 1. The van der Waals surface area contributed by atoms with Crippen molar-refractivity contribution in [1.82, 2.24) is 19.4 Å². The highest BCUT2D eigenvalue weighted by molar-refractivity contribution is 5.89. The SMILES string of the molecule is Cl.Cn1c(=O)[nH]c(=O)c2c1c(C#N)c(N1CCNCC1)n2Cc1ccccc1. The molecule has 2 N–H and O–H groups in total. The van der Waals surface area contributed by atoms with Gasteiger partial charge in [0.05, 0.1) is 5.52 Å². The third kappa shape index (κ3) is 3.19. The number of nitrogens with zero attached hydrogens (tertiary/aromatic N) is 4. The van der Waals surface area contributed by atoms with E-state index in [1.54, 1.807) is 7.05 Å². The second-order valence-electron chi connectivity index (χ2n) is 6.63. The van der Waals surface area contributed by atoms with Crippen molar-refractivity contribution in [1.29, 1.82) is 5.26 Å². The molecule has 0 aliphatic carbocycles. The molecule has 0 unspecified atom stereocenters. The van der Waals surface area contributed by atoms with E-state index in [1.807, 2.05) is 34.9 Å². The first-order valence-corrected chi connectivity index (χ1v) is 8.87. The van der Waals surface area contributed by atoms with E-state index in [0.29, 0.717) is 29.0 Å². The number of aromatic amines is 1. The number of anilines is 1. The monoisotopic (exact) mass is 400 g/mol. The Labute approximate surface area is 167 Å². The van der Waals surface area contributed by atoms with E-state index in [0.717, 1.165) is 31.7 Å². The number of fused-ring (bicyclic) bond motifs is 1. The quantitative estimate of drug-likeness (QED) is 0.677. The summed E-state index contributed by atoms with van der Waals surface area (Å²) >= 11 is 0. The third-order valence-corrected chi connectivity index (χ3v) is 5.00. The fraction of sp³-hybridized carbons (Fsp3) is 0.316. The highest BCUT2D eigenvalue weighted by atomic mass is 35.5. The van der Waals surface area contributed by atoms with Gasteiger partial charge in [0.25, 0.3) is 5.56 Å². The predicted molar refractivity (Wildman–Crippen MR) is 110 cm³/mol. The van der Waals surface area contributed by atoms with Gasteiger partial charge in [-0.05, 0) is 5.56 Å². The highest BCUT2D eigenvalue weighted by Crippen LogP contribution is 2.31. The Kier molecular flexibility index (Phi) is 5.58. The van der Waals surface area contributed by atoms with Gasteiger partial charge in [0.1, 0.15) is 23.0 Å². The summed E-state index contributed by atoms with van der Waals surface area (Å²) in [6, 6.07) is 12.0. The van der Waals surface area contributed by atoms with E-state index in [4.69, 9.17) is 0 Å². The largest absolute Gasteiger partial charge is 0.354 e. The van der Waals surface area contributed by atoms with Gasteiger partial charge >= 0.3 is 5.69 Å². The van der Waals surface area contributed by atoms with Gasteiger partial charge in [0.2, 0.25) is 0 Å². The van der Waals surface area contributed by atoms with Crippen molar-refractivity contribution < 1.29 is 0 Å². The lowest BCUT2D eigenvalue weighted by Gasteiger charge is -2.30. The Morgan fingerprint density at radius 2 is 1.79 bits per heavy atom. The molecule has 0 radical (unpaired) electrons. The molecule has 0 amide bonds. The molecule has 0 bridgehead atoms. The van der Waals surface area contributed by atoms with E-state index < -0.39 is 11.2 Å². The molecule has 1 fully saturated rings. The average molecular weight is 401 g/mol. The second kappa shape index (κ2) is 7.92. The number of nitrogens with one attached hydrogen (secondary N) is 2. The van der Waals surface area contributed by atoms with Crippen molar-refractivity contribution in [3.63, 3.8) is 0 Å². The first-order valence-electron chi connectivity index (χ1n) is 8.87. The van der Waals surface area contributed by atoms with Gasteiger partial charge in [0.15, 0.2) is 0 Å². The highest BCUT2D eigenvalue weighted by Gasteiger charge is 2.27. The van der Waals surface area contributed by atoms with Crippen LogP contribution in [0.25, 0.3) is 11.0 Å². The molecule has 8 nitrogen and oxygen atoms in total. The van der Waals surface area contributed by atoms with Crippen LogP contribution in [0.4, 0.5) is 5.82 Å². The first kappa shape index (κ1) is 19.7. The van der Waals surface area contributed by atoms with E-state index >= 15 is 0 Å². The fourth-order valence-electron chi connectivity index (χ4n) is 3.72. The number of nitriles is 1. The Hall–Kier alpha value is -3.02. The van der Waals surface area contributed by atoms with Crippen LogP contribution in [0, 0.1) is 11.3 Å². The van der Waals surface area contributed by atoms with E-state index in [-0.39, 0.29) is 12.4 Å². The van der Waals surface area contributed by atoms with Crippen LogP contribution in [-0.2, 0) is 13.6 Å². The lowest BCUT2D eigenvalue weighted by Crippen LogP contribution is -2.44. The fourth-order valence-corrected chi connectivity index (χ4v) is 3.72. The van der Waals surface area contributed by atoms with Gasteiger partial charge in [-0.2, -0.15) is 5.26 Å². The molecule has 2 aromatic heterocycles. The van der Waals surface area contributed by atoms with Gasteiger partial charge in [-0.3, -0.25) is 14.3 Å². The van der Waals surface area contributed by atoms with E-state index in [1.165, 1.54) is 4.57 Å². The van der Waals surface area contributed by atoms with Crippen molar-refractivity contribution in [3.8, 4) is 6.07 Å². The summed E-state index contributed by atoms with van der Waals surface area (Å²) in [5.74, 6) is 0.699. The second-order valence-corrected chi connectivity index (χ2v) is 6.63. The molecule has 0 saturated carbocycles. The maximum Gasteiger partial charge on any atom is 0.328 e. The molecule has 3 heterocycles. The van der Waals surface area contributed by atoms with Crippen LogP contribution in [0.15, 0.2) is 39.9 Å². The molecule has 0 spiro atoms. The zero-order valence-corrected chi connectivity index (χ0v) is 16.3. The molecule has 4 rings (SSSR count). The first-order chi connectivity index (χ1) is 13.1. The van der Waals surface area contributed by atoms with Crippen molar-refractivity contribution in [2.24, 2.45) is 7.05 Å². The van der Waals surface area contributed by atoms with Crippen LogP contribution in [0.1, 0.15) is 11.1 Å². The summed E-state index contributed by atoms with van der Waals surface area (Å²) < 4.78 is 3.22. The maximum absolute atomic E-state index is 12.7. The summed E-state index contributed by atoms with van der Waals surface area (Å²) in [7, 11) is 1.58. The van der Waals surface area contributed by atoms with Crippen LogP contribution in [0.3, 0.4) is 0 Å². The van der Waals surface area contributed by atoms with Gasteiger partial charge in [-0.25, -0.2) is 4.79 Å². The molecule has 3 aromatic rings. The van der Waals surface area contributed by atoms with Crippen LogP contribution >= 0.6 is 12.4 Å². The molecule has 1 aliphatic heterocycles. The Bertz CT molecular complexity index is 1150. The molecule has 146 valence electrons. The molecule has 9 heteroatoms. The third-order valence-electron chi connectivity index (χ3n) is 5.00. The summed E-state index contributed by atoms with van der Waals surface area (Å²) in [5.41, 5.74) is 1.13. The molecule has 1 saturated heterocycles. The van der Waals surface area contributed by atoms with Crippen molar-refractivity contribution in [2.45, 2.75) is 6.54 Å². The summed E-state index contributed by atoms with van der Waals surface area (Å²) in [6.45, 7) is 3.50. The van der Waals surface area contributed by atoms with Crippen molar-refractivity contribution >= 4 is 29.3 Å². The predicted octanol–water partition coefficient (Wildman–Crippen LogP) is 0.780. The number of hydrogen-bond donors (Lipinski definition) is 2. The summed E-state index contributed by atoms with van der Waals surface area (Å²) in [6.07, 6.45) is 0. The molecular weight excluding hydrogens is 380 g/mol. The van der Waals surface area contributed by atoms with Crippen LogP contribution in [0.5, 0.6) is 0 Å². The molecule has 28 heavy (non-hydrogen) atoms. The maximum atomic E-state index is 12.7. The number of rotatable bonds is 3. The number of halogens is 1. The number of aromatic nitrogens is 3. The lowest BCUT2D eigenvalue weighted by molar-refractivity contribution is 0.576. The summed E-state index contributed by atoms with van der Waals surface area (Å²) in [5, 5.41) is 13.2. The van der Waals surface area contributed by atoms with Crippen LogP contribution in [0.2, 0.25) is 0 Å². The number of benzene rings is 1. The summed E-state index contributed by atoms with van der Waals surface area (Å²) in [4.78, 5) is 29.3. The topological polar surface area (TPSA) is 98.8 Å². The zero-order valence-electron chi connectivity index (χ0n) is 15.4. The minimum Gasteiger partial charge on any atom is -0.354 e. The van der Waals surface area contributed by atoms with Crippen molar-refractivity contribution in [2.75, 3.05) is 31.1 Å². The molecular formula is C19H21ClN6O2. The number of piperazine rings is 1. The minimum absolute atomic E-state index is 0. The minimum atomic E-state index is -0.521. The number of H-pyrrole nitrogens is 1. The van der Waals surface area contributed by atoms with E-state index in [9.17, 15) is 14.9 Å². The van der Waals surface area contributed by atoms with E-state index in [2.05, 4.69) is 21.3 Å². The molecule has 0 atom stereocenters. The van der Waals surface area contributed by atoms with Gasteiger partial charge in [0, 0.05) is 39.8 Å². The van der Waals surface area contributed by atoms with Crippen molar-refractivity contribution in [3.05, 3.63) is 62.3 Å². The zero-order chi connectivity index (χ0) is 19.0.